The summed E-state index contributed by atoms with van der Waals surface area (Å²) in [6, 6.07) is -0.192. The number of hydrogen-bond acceptors (Lipinski definition) is 3. The van der Waals surface area contributed by atoms with Crippen LogP contribution in [0.1, 0.15) is 20.3 Å². The Labute approximate surface area is 113 Å². The zero-order valence-corrected chi connectivity index (χ0v) is 11.7. The highest BCUT2D eigenvalue weighted by molar-refractivity contribution is 5.88. The summed E-state index contributed by atoms with van der Waals surface area (Å²) in [4.78, 5) is 11.8. The third-order valence-corrected chi connectivity index (χ3v) is 3.41. The van der Waals surface area contributed by atoms with Gasteiger partial charge in [-0.3, -0.25) is 4.68 Å². The lowest BCUT2D eigenvalue weighted by Gasteiger charge is -2.22. The molecule has 0 bridgehead atoms. The first-order valence-electron chi connectivity index (χ1n) is 6.71. The highest BCUT2D eigenvalue weighted by Gasteiger charge is 2.30. The van der Waals surface area contributed by atoms with E-state index in [0.717, 1.165) is 13.0 Å². The molecule has 1 fully saturated rings. The second kappa shape index (κ2) is 6.06. The molecule has 19 heavy (non-hydrogen) atoms. The van der Waals surface area contributed by atoms with Gasteiger partial charge in [-0.1, -0.05) is 13.8 Å². The number of hydrogen-bond donors (Lipinski definition) is 2. The molecule has 1 aromatic heterocycles. The van der Waals surface area contributed by atoms with Crippen molar-refractivity contribution in [3.63, 3.8) is 0 Å². The molecule has 2 amide bonds. The maximum atomic E-state index is 11.8. The van der Waals surface area contributed by atoms with E-state index in [0.29, 0.717) is 24.1 Å². The zero-order valence-electron chi connectivity index (χ0n) is 11.7. The molecule has 1 aromatic rings. The van der Waals surface area contributed by atoms with Gasteiger partial charge in [0.1, 0.15) is 0 Å². The Morgan fingerprint density at radius 1 is 1.63 bits per heavy atom. The highest BCUT2D eigenvalue weighted by Crippen LogP contribution is 2.26. The number of carbonyl (C=O) groups is 1. The van der Waals surface area contributed by atoms with Crippen LogP contribution in [0.15, 0.2) is 12.4 Å². The van der Waals surface area contributed by atoms with E-state index >= 15 is 0 Å². The number of nitrogens with zero attached hydrogens (tertiary/aromatic N) is 2. The maximum absolute atomic E-state index is 11.8. The highest BCUT2D eigenvalue weighted by atomic mass is 16.5. The number of amides is 2. The fourth-order valence-corrected chi connectivity index (χ4v) is 2.50. The van der Waals surface area contributed by atoms with Crippen LogP contribution in [-0.2, 0) is 11.8 Å². The molecular weight excluding hydrogens is 244 g/mol. The van der Waals surface area contributed by atoms with Crippen LogP contribution in [0.2, 0.25) is 0 Å². The summed E-state index contributed by atoms with van der Waals surface area (Å²) in [6.07, 6.45) is 4.64. The van der Waals surface area contributed by atoms with Crippen molar-refractivity contribution in [3.05, 3.63) is 12.4 Å². The smallest absolute Gasteiger partial charge is 0.319 e. The Hall–Kier alpha value is -1.56. The molecule has 0 aliphatic carbocycles. The average molecular weight is 266 g/mol. The SMILES string of the molecule is CC(C)[C@H]1OCC[C@@H]1CNC(=O)Nc1cnn(C)c1. The van der Waals surface area contributed by atoms with Gasteiger partial charge in [0.2, 0.25) is 0 Å². The van der Waals surface area contributed by atoms with E-state index in [2.05, 4.69) is 29.6 Å². The fraction of sp³-hybridized carbons (Fsp3) is 0.692. The summed E-state index contributed by atoms with van der Waals surface area (Å²) in [5, 5.41) is 9.65. The Morgan fingerprint density at radius 2 is 2.42 bits per heavy atom. The molecule has 0 saturated carbocycles. The van der Waals surface area contributed by atoms with E-state index in [-0.39, 0.29) is 12.1 Å². The predicted octanol–water partition coefficient (Wildman–Crippen LogP) is 1.60. The molecule has 0 radical (unpaired) electrons. The van der Waals surface area contributed by atoms with Crippen LogP contribution >= 0.6 is 0 Å². The van der Waals surface area contributed by atoms with Gasteiger partial charge in [0.25, 0.3) is 0 Å². The van der Waals surface area contributed by atoms with E-state index in [4.69, 9.17) is 4.74 Å². The molecule has 2 heterocycles. The summed E-state index contributed by atoms with van der Waals surface area (Å²) in [7, 11) is 1.81. The third-order valence-electron chi connectivity index (χ3n) is 3.41. The number of aromatic nitrogens is 2. The summed E-state index contributed by atoms with van der Waals surface area (Å²) in [5.41, 5.74) is 0.697. The lowest BCUT2D eigenvalue weighted by Crippen LogP contribution is -2.37. The summed E-state index contributed by atoms with van der Waals surface area (Å²) in [5.74, 6) is 0.885. The van der Waals surface area contributed by atoms with Gasteiger partial charge < -0.3 is 15.4 Å². The Balaban J connectivity index is 1.77. The lowest BCUT2D eigenvalue weighted by atomic mass is 9.93. The van der Waals surface area contributed by atoms with Crippen LogP contribution in [0.3, 0.4) is 0 Å². The van der Waals surface area contributed by atoms with Gasteiger partial charge in [-0.25, -0.2) is 4.79 Å². The second-order valence-electron chi connectivity index (χ2n) is 5.37. The van der Waals surface area contributed by atoms with Crippen LogP contribution in [0.25, 0.3) is 0 Å². The summed E-state index contributed by atoms with van der Waals surface area (Å²) < 4.78 is 7.34. The van der Waals surface area contributed by atoms with Crippen molar-refractivity contribution in [1.82, 2.24) is 15.1 Å². The first kappa shape index (κ1) is 13.9. The van der Waals surface area contributed by atoms with E-state index in [1.54, 1.807) is 17.1 Å². The van der Waals surface area contributed by atoms with Gasteiger partial charge in [0.05, 0.1) is 18.0 Å². The molecule has 2 atom stereocenters. The largest absolute Gasteiger partial charge is 0.378 e. The van der Waals surface area contributed by atoms with E-state index in [1.165, 1.54) is 0 Å². The van der Waals surface area contributed by atoms with Crippen LogP contribution in [0.5, 0.6) is 0 Å². The minimum absolute atomic E-state index is 0.192. The number of urea groups is 1. The van der Waals surface area contributed by atoms with Gasteiger partial charge in [-0.2, -0.15) is 5.10 Å². The fourth-order valence-electron chi connectivity index (χ4n) is 2.50. The minimum atomic E-state index is -0.192. The number of anilines is 1. The average Bonchev–Trinajstić information content (AvgIpc) is 2.95. The molecule has 1 aliphatic heterocycles. The molecular formula is C13H22N4O2. The van der Waals surface area contributed by atoms with Crippen molar-refractivity contribution >= 4 is 11.7 Å². The van der Waals surface area contributed by atoms with Gasteiger partial charge in [0, 0.05) is 32.3 Å². The van der Waals surface area contributed by atoms with Crippen molar-refractivity contribution in [3.8, 4) is 0 Å². The molecule has 0 unspecified atom stereocenters. The van der Waals surface area contributed by atoms with E-state index in [1.807, 2.05) is 7.05 Å². The molecule has 1 saturated heterocycles. The van der Waals surface area contributed by atoms with Crippen molar-refractivity contribution in [2.24, 2.45) is 18.9 Å². The number of carbonyl (C=O) groups excluding carboxylic acids is 1. The van der Waals surface area contributed by atoms with Crippen LogP contribution in [0, 0.1) is 11.8 Å². The summed E-state index contributed by atoms with van der Waals surface area (Å²) >= 11 is 0. The lowest BCUT2D eigenvalue weighted by molar-refractivity contribution is 0.0546. The maximum Gasteiger partial charge on any atom is 0.319 e. The van der Waals surface area contributed by atoms with Gasteiger partial charge >= 0.3 is 6.03 Å². The van der Waals surface area contributed by atoms with Gasteiger partial charge in [-0.05, 0) is 12.3 Å². The van der Waals surface area contributed by atoms with Crippen LogP contribution < -0.4 is 10.6 Å². The van der Waals surface area contributed by atoms with E-state index in [9.17, 15) is 4.79 Å². The Kier molecular flexibility index (Phi) is 4.42. The van der Waals surface area contributed by atoms with Gasteiger partial charge in [-0.15, -0.1) is 0 Å². The Morgan fingerprint density at radius 3 is 3.05 bits per heavy atom. The molecule has 0 spiro atoms. The molecule has 1 aliphatic rings. The monoisotopic (exact) mass is 266 g/mol. The first-order valence-corrected chi connectivity index (χ1v) is 6.71. The summed E-state index contributed by atoms with van der Waals surface area (Å²) in [6.45, 7) is 5.74. The first-order chi connectivity index (χ1) is 9.06. The molecule has 6 nitrogen and oxygen atoms in total. The van der Waals surface area contributed by atoms with Crippen LogP contribution in [-0.4, -0.2) is 35.1 Å². The number of nitrogens with one attached hydrogen (secondary N) is 2. The molecule has 106 valence electrons. The van der Waals surface area contributed by atoms with Crippen molar-refractivity contribution < 1.29 is 9.53 Å². The third kappa shape index (κ3) is 3.70. The van der Waals surface area contributed by atoms with Crippen molar-refractivity contribution in [2.75, 3.05) is 18.5 Å². The van der Waals surface area contributed by atoms with Crippen LogP contribution in [0.4, 0.5) is 10.5 Å². The zero-order chi connectivity index (χ0) is 13.8. The quantitative estimate of drug-likeness (QED) is 0.870. The van der Waals surface area contributed by atoms with Gasteiger partial charge in [0.15, 0.2) is 0 Å². The minimum Gasteiger partial charge on any atom is -0.378 e. The topological polar surface area (TPSA) is 68.2 Å². The standard InChI is InChI=1S/C13H22N4O2/c1-9(2)12-10(4-5-19-12)6-14-13(18)16-11-7-15-17(3)8-11/h7-10,12H,4-6H2,1-3H3,(H2,14,16,18)/t10-,12-/m1/s1. The van der Waals surface area contributed by atoms with Crippen molar-refractivity contribution in [2.45, 2.75) is 26.4 Å². The number of rotatable bonds is 4. The predicted molar refractivity (Wildman–Crippen MR) is 72.9 cm³/mol. The van der Waals surface area contributed by atoms with E-state index < -0.39 is 0 Å². The molecule has 2 N–H and O–H groups in total. The Bertz CT molecular complexity index is 430. The number of aryl methyl sites for hydroxylation is 1. The molecule has 2 rings (SSSR count). The molecule has 6 heteroatoms. The normalized spacial score (nSPS) is 22.7. The number of ether oxygens (including phenoxy) is 1. The van der Waals surface area contributed by atoms with Crippen molar-refractivity contribution in [1.29, 1.82) is 0 Å². The second-order valence-corrected chi connectivity index (χ2v) is 5.37. The molecule has 0 aromatic carbocycles.